The number of nitrogens with one attached hydrogen (secondary N) is 2. The van der Waals surface area contributed by atoms with Gasteiger partial charge in [0.1, 0.15) is 0 Å². The monoisotopic (exact) mass is 222 g/mol. The molecule has 0 saturated carbocycles. The summed E-state index contributed by atoms with van der Waals surface area (Å²) in [5, 5.41) is 5.10. The van der Waals surface area contributed by atoms with Crippen LogP contribution >= 0.6 is 0 Å². The summed E-state index contributed by atoms with van der Waals surface area (Å²) < 4.78 is 0. The first-order chi connectivity index (χ1) is 7.74. The molecule has 1 aromatic rings. The van der Waals surface area contributed by atoms with E-state index in [0.29, 0.717) is 0 Å². The van der Waals surface area contributed by atoms with Crippen molar-refractivity contribution in [2.24, 2.45) is 0 Å². The summed E-state index contributed by atoms with van der Waals surface area (Å²) in [6.45, 7) is 9.25. The summed E-state index contributed by atoms with van der Waals surface area (Å²) >= 11 is 0. The highest BCUT2D eigenvalue weighted by Crippen LogP contribution is 2.03. The van der Waals surface area contributed by atoms with Crippen LogP contribution in [0.15, 0.2) is 43.0 Å². The fraction of sp³-hybridized carbons (Fsp3) is 0.308. The van der Waals surface area contributed by atoms with Gasteiger partial charge in [0.2, 0.25) is 0 Å². The van der Waals surface area contributed by atoms with Crippen LogP contribution in [0.3, 0.4) is 0 Å². The Bertz CT molecular complexity index is 271. The van der Waals surface area contributed by atoms with Crippen LogP contribution in [-0.4, -0.2) is 13.1 Å². The number of anilines is 1. The lowest BCUT2D eigenvalue weighted by atomic mass is 10.3. The van der Waals surface area contributed by atoms with Gasteiger partial charge in [-0.25, -0.2) is 4.79 Å². The first kappa shape index (κ1) is 16.7. The van der Waals surface area contributed by atoms with Crippen molar-refractivity contribution in [3.63, 3.8) is 0 Å². The van der Waals surface area contributed by atoms with Gasteiger partial charge in [0.05, 0.1) is 0 Å². The molecule has 0 aliphatic carbocycles. The van der Waals surface area contributed by atoms with Crippen LogP contribution in [0.2, 0.25) is 0 Å². The average molecular weight is 222 g/mol. The van der Waals surface area contributed by atoms with Crippen molar-refractivity contribution >= 4 is 11.7 Å². The molecule has 0 radical (unpaired) electrons. The Morgan fingerprint density at radius 2 is 1.69 bits per heavy atom. The zero-order valence-electron chi connectivity index (χ0n) is 10.6. The van der Waals surface area contributed by atoms with E-state index in [2.05, 4.69) is 17.2 Å². The van der Waals surface area contributed by atoms with Crippen LogP contribution < -0.4 is 10.6 Å². The molecule has 0 unspecified atom stereocenters. The zero-order valence-corrected chi connectivity index (χ0v) is 10.6. The van der Waals surface area contributed by atoms with Crippen LogP contribution in [0.5, 0.6) is 0 Å². The number of benzene rings is 1. The lowest BCUT2D eigenvalue weighted by molar-refractivity contribution is 0.254. The number of para-hydroxylation sites is 1. The van der Waals surface area contributed by atoms with Gasteiger partial charge in [0, 0.05) is 12.7 Å². The van der Waals surface area contributed by atoms with E-state index in [-0.39, 0.29) is 6.03 Å². The first-order valence-electron chi connectivity index (χ1n) is 5.35. The molecular formula is C13H22N2O. The van der Waals surface area contributed by atoms with Crippen LogP contribution in [0.4, 0.5) is 10.5 Å². The van der Waals surface area contributed by atoms with Crippen LogP contribution in [0, 0.1) is 0 Å². The van der Waals surface area contributed by atoms with Crippen molar-refractivity contribution in [1.29, 1.82) is 0 Å². The molecule has 0 aromatic heterocycles. The third-order valence-corrected chi connectivity index (χ3v) is 1.26. The zero-order chi connectivity index (χ0) is 12.8. The second kappa shape index (κ2) is 13.2. The van der Waals surface area contributed by atoms with Crippen molar-refractivity contribution in [2.75, 3.05) is 12.4 Å². The van der Waals surface area contributed by atoms with Crippen molar-refractivity contribution in [2.45, 2.75) is 20.8 Å². The maximum absolute atomic E-state index is 10.8. The van der Waals surface area contributed by atoms with Gasteiger partial charge in [-0.05, 0) is 19.1 Å². The summed E-state index contributed by atoms with van der Waals surface area (Å²) in [5.74, 6) is 0. The third-order valence-electron chi connectivity index (χ3n) is 1.26. The molecule has 0 aliphatic rings. The molecule has 0 spiro atoms. The van der Waals surface area contributed by atoms with Gasteiger partial charge in [-0.2, -0.15) is 0 Å². The second-order valence-electron chi connectivity index (χ2n) is 2.48. The van der Waals surface area contributed by atoms with Gasteiger partial charge >= 0.3 is 6.03 Å². The molecule has 2 amide bonds. The minimum atomic E-state index is -0.198. The van der Waals surface area contributed by atoms with Gasteiger partial charge in [-0.3, -0.25) is 0 Å². The lowest BCUT2D eigenvalue weighted by Gasteiger charge is -2.01. The summed E-state index contributed by atoms with van der Waals surface area (Å²) in [6, 6.07) is 9.09. The normalized spacial score (nSPS) is 7.25. The molecule has 90 valence electrons. The SMILES string of the molecule is C=CC.CC.CNC(=O)Nc1ccccc1. The van der Waals surface area contributed by atoms with Crippen molar-refractivity contribution in [3.05, 3.63) is 43.0 Å². The van der Waals surface area contributed by atoms with E-state index in [9.17, 15) is 4.79 Å². The average Bonchev–Trinajstić information content (AvgIpc) is 2.34. The number of hydrogen-bond acceptors (Lipinski definition) is 1. The molecule has 0 heterocycles. The Morgan fingerprint density at radius 3 is 2.06 bits per heavy atom. The first-order valence-corrected chi connectivity index (χ1v) is 5.35. The van der Waals surface area contributed by atoms with E-state index in [0.717, 1.165) is 5.69 Å². The van der Waals surface area contributed by atoms with Gasteiger partial charge in [-0.1, -0.05) is 38.1 Å². The second-order valence-corrected chi connectivity index (χ2v) is 2.48. The topological polar surface area (TPSA) is 41.1 Å². The maximum Gasteiger partial charge on any atom is 0.318 e. The van der Waals surface area contributed by atoms with Crippen LogP contribution in [-0.2, 0) is 0 Å². The Kier molecular flexibility index (Phi) is 13.8. The standard InChI is InChI=1S/C8H10N2O.C3H6.C2H6/c1-9-8(11)10-7-5-3-2-4-6-7;1-3-2;1-2/h2-6H,1H3,(H2,9,10,11);3H,1H2,2H3;1-2H3. The molecule has 16 heavy (non-hydrogen) atoms. The Morgan fingerprint density at radius 1 is 1.25 bits per heavy atom. The fourth-order valence-corrected chi connectivity index (χ4v) is 0.715. The summed E-state index contributed by atoms with van der Waals surface area (Å²) in [5.41, 5.74) is 0.798. The highest BCUT2D eigenvalue weighted by molar-refractivity contribution is 5.88. The van der Waals surface area contributed by atoms with E-state index in [1.54, 1.807) is 13.1 Å². The lowest BCUT2D eigenvalue weighted by Crippen LogP contribution is -2.24. The molecule has 2 N–H and O–H groups in total. The predicted molar refractivity (Wildman–Crippen MR) is 71.7 cm³/mol. The minimum absolute atomic E-state index is 0.198. The largest absolute Gasteiger partial charge is 0.341 e. The number of amides is 2. The Labute approximate surface area is 98.6 Å². The molecule has 0 bridgehead atoms. The van der Waals surface area contributed by atoms with E-state index in [4.69, 9.17) is 0 Å². The Balaban J connectivity index is 0. The predicted octanol–water partition coefficient (Wildman–Crippen LogP) is 3.66. The number of rotatable bonds is 1. The molecule has 0 saturated heterocycles. The van der Waals surface area contributed by atoms with Gasteiger partial charge in [-0.15, -0.1) is 6.58 Å². The quantitative estimate of drug-likeness (QED) is 0.699. The highest BCUT2D eigenvalue weighted by Gasteiger charge is 1.94. The summed E-state index contributed by atoms with van der Waals surface area (Å²) in [7, 11) is 1.58. The van der Waals surface area contributed by atoms with Gasteiger partial charge in [0.15, 0.2) is 0 Å². The number of carbonyl (C=O) groups excluding carboxylic acids is 1. The van der Waals surface area contributed by atoms with Crippen molar-refractivity contribution in [1.82, 2.24) is 5.32 Å². The molecule has 0 atom stereocenters. The van der Waals surface area contributed by atoms with E-state index in [1.807, 2.05) is 51.1 Å². The summed E-state index contributed by atoms with van der Waals surface area (Å²) in [4.78, 5) is 10.8. The van der Waals surface area contributed by atoms with Crippen molar-refractivity contribution in [3.8, 4) is 0 Å². The molecule has 1 aromatic carbocycles. The molecule has 0 aliphatic heterocycles. The smallest absolute Gasteiger partial charge is 0.318 e. The molecule has 3 heteroatoms. The van der Waals surface area contributed by atoms with E-state index >= 15 is 0 Å². The van der Waals surface area contributed by atoms with Gasteiger partial charge in [0.25, 0.3) is 0 Å². The maximum atomic E-state index is 10.8. The van der Waals surface area contributed by atoms with Crippen LogP contribution in [0.25, 0.3) is 0 Å². The third kappa shape index (κ3) is 10.3. The number of carbonyl (C=O) groups is 1. The van der Waals surface area contributed by atoms with E-state index in [1.165, 1.54) is 0 Å². The molecule has 1 rings (SSSR count). The van der Waals surface area contributed by atoms with Gasteiger partial charge < -0.3 is 10.6 Å². The Hall–Kier alpha value is -1.77. The number of allylic oxidation sites excluding steroid dienone is 1. The minimum Gasteiger partial charge on any atom is -0.341 e. The molecule has 0 fully saturated rings. The summed E-state index contributed by atoms with van der Waals surface area (Å²) in [6.07, 6.45) is 1.75. The van der Waals surface area contributed by atoms with Crippen LogP contribution in [0.1, 0.15) is 20.8 Å². The van der Waals surface area contributed by atoms with E-state index < -0.39 is 0 Å². The number of hydrogen-bond donors (Lipinski definition) is 2. The van der Waals surface area contributed by atoms with Crippen molar-refractivity contribution < 1.29 is 4.79 Å². The molecular weight excluding hydrogens is 200 g/mol. The number of urea groups is 1. The molecule has 3 nitrogen and oxygen atoms in total. The highest BCUT2D eigenvalue weighted by atomic mass is 16.2. The fourth-order valence-electron chi connectivity index (χ4n) is 0.715.